The molecule has 121 valence electrons. The molecule has 4 amide bonds. The van der Waals surface area contributed by atoms with Gasteiger partial charge in [-0.05, 0) is 5.56 Å². The Labute approximate surface area is 133 Å². The first kappa shape index (κ1) is 16.5. The fourth-order valence-corrected chi connectivity index (χ4v) is 2.30. The molecule has 1 N–H and O–H groups in total. The van der Waals surface area contributed by atoms with Crippen molar-refractivity contribution < 1.29 is 23.9 Å². The maximum atomic E-state index is 12.4. The Morgan fingerprint density at radius 3 is 2.57 bits per heavy atom. The number of benzene rings is 1. The second kappa shape index (κ2) is 6.91. The van der Waals surface area contributed by atoms with E-state index in [1.54, 1.807) is 36.6 Å². The van der Waals surface area contributed by atoms with Crippen LogP contribution >= 0.6 is 0 Å². The Bertz CT molecular complexity index is 619. The lowest BCUT2D eigenvalue weighted by molar-refractivity contribution is -0.144. The van der Waals surface area contributed by atoms with Crippen molar-refractivity contribution in [3.05, 3.63) is 35.9 Å². The first-order valence-corrected chi connectivity index (χ1v) is 6.84. The van der Waals surface area contributed by atoms with E-state index >= 15 is 0 Å². The summed E-state index contributed by atoms with van der Waals surface area (Å²) in [7, 11) is 2.64. The molecule has 2 atom stereocenters. The van der Waals surface area contributed by atoms with Gasteiger partial charge in [-0.3, -0.25) is 4.79 Å². The van der Waals surface area contributed by atoms with Crippen LogP contribution in [-0.4, -0.2) is 60.9 Å². The summed E-state index contributed by atoms with van der Waals surface area (Å²) in [5.74, 6) is -0.704. The first-order valence-electron chi connectivity index (χ1n) is 6.84. The molecule has 23 heavy (non-hydrogen) atoms. The third-order valence-corrected chi connectivity index (χ3v) is 3.50. The number of amides is 4. The van der Waals surface area contributed by atoms with E-state index in [1.807, 2.05) is 0 Å². The van der Waals surface area contributed by atoms with Gasteiger partial charge in [-0.15, -0.1) is 0 Å². The number of methoxy groups -OCH3 is 1. The number of hydrogen-bond acceptors (Lipinski definition) is 5. The Morgan fingerprint density at radius 1 is 1.35 bits per heavy atom. The summed E-state index contributed by atoms with van der Waals surface area (Å²) in [5, 5.41) is 2.39. The summed E-state index contributed by atoms with van der Waals surface area (Å²) >= 11 is 0. The Balaban J connectivity index is 2.18. The molecular formula is C15H16N3O5. The van der Waals surface area contributed by atoms with Crippen LogP contribution in [0.2, 0.25) is 0 Å². The number of urea groups is 2. The summed E-state index contributed by atoms with van der Waals surface area (Å²) in [6.45, 7) is 0.0275. The highest BCUT2D eigenvalue weighted by Gasteiger charge is 2.44. The number of carbonyl (C=O) groups excluding carboxylic acids is 4. The molecule has 2 unspecified atom stereocenters. The molecule has 8 nitrogen and oxygen atoms in total. The quantitative estimate of drug-likeness (QED) is 0.814. The third kappa shape index (κ3) is 3.31. The molecule has 1 radical (unpaired) electrons. The summed E-state index contributed by atoms with van der Waals surface area (Å²) in [4.78, 5) is 49.3. The van der Waals surface area contributed by atoms with Gasteiger partial charge in [0.1, 0.15) is 6.04 Å². The fourth-order valence-electron chi connectivity index (χ4n) is 2.30. The van der Waals surface area contributed by atoms with Crippen LogP contribution in [0.3, 0.4) is 0 Å². The molecular weight excluding hydrogens is 302 g/mol. The highest BCUT2D eigenvalue weighted by Crippen LogP contribution is 2.18. The van der Waals surface area contributed by atoms with Crippen molar-refractivity contribution >= 4 is 24.3 Å². The van der Waals surface area contributed by atoms with Gasteiger partial charge in [0, 0.05) is 7.05 Å². The van der Waals surface area contributed by atoms with Gasteiger partial charge in [-0.1, -0.05) is 30.3 Å². The van der Waals surface area contributed by atoms with E-state index in [1.165, 1.54) is 19.1 Å². The van der Waals surface area contributed by atoms with Gasteiger partial charge >= 0.3 is 18.0 Å². The predicted octanol–water partition coefficient (Wildman–Crippen LogP) is 0.456. The molecule has 0 aromatic heterocycles. The van der Waals surface area contributed by atoms with Crippen LogP contribution in [-0.2, 0) is 14.3 Å². The highest BCUT2D eigenvalue weighted by molar-refractivity contribution is 6.01. The smallest absolute Gasteiger partial charge is 0.331 e. The van der Waals surface area contributed by atoms with E-state index in [0.717, 1.165) is 4.90 Å². The normalized spacial score (nSPS) is 18.5. The minimum absolute atomic E-state index is 0.0275. The number of nitrogens with zero attached hydrogens (tertiary/aromatic N) is 2. The largest absolute Gasteiger partial charge is 0.467 e. The van der Waals surface area contributed by atoms with Crippen LogP contribution in [0.4, 0.5) is 9.59 Å². The maximum Gasteiger partial charge on any atom is 0.331 e. The van der Waals surface area contributed by atoms with Crippen molar-refractivity contribution in [2.45, 2.75) is 12.1 Å². The molecule has 1 heterocycles. The van der Waals surface area contributed by atoms with Crippen molar-refractivity contribution in [1.82, 2.24) is 15.1 Å². The third-order valence-electron chi connectivity index (χ3n) is 3.50. The lowest BCUT2D eigenvalue weighted by Gasteiger charge is -2.22. The van der Waals surface area contributed by atoms with Gasteiger partial charge in [0.2, 0.25) is 6.29 Å². The molecule has 0 spiro atoms. The number of likely N-dealkylation sites (N-methyl/N-ethyl adjacent to an activating group) is 1. The van der Waals surface area contributed by atoms with E-state index in [-0.39, 0.29) is 6.54 Å². The van der Waals surface area contributed by atoms with Gasteiger partial charge in [0.05, 0.1) is 13.7 Å². The van der Waals surface area contributed by atoms with Gasteiger partial charge in [0.25, 0.3) is 0 Å². The van der Waals surface area contributed by atoms with Gasteiger partial charge < -0.3 is 15.0 Å². The van der Waals surface area contributed by atoms with E-state index in [4.69, 9.17) is 0 Å². The van der Waals surface area contributed by atoms with E-state index in [0.29, 0.717) is 5.56 Å². The predicted molar refractivity (Wildman–Crippen MR) is 79.1 cm³/mol. The minimum atomic E-state index is -1.06. The zero-order valence-corrected chi connectivity index (χ0v) is 12.7. The summed E-state index contributed by atoms with van der Waals surface area (Å²) in [5.41, 5.74) is 0.519. The zero-order chi connectivity index (χ0) is 17.0. The molecule has 1 fully saturated rings. The minimum Gasteiger partial charge on any atom is -0.467 e. The molecule has 0 saturated carbocycles. The molecule has 8 heteroatoms. The molecule has 2 rings (SSSR count). The Morgan fingerprint density at radius 2 is 2.00 bits per heavy atom. The molecule has 1 aliphatic rings. The number of imide groups is 1. The van der Waals surface area contributed by atoms with E-state index in [2.05, 4.69) is 10.1 Å². The lowest BCUT2D eigenvalue weighted by Crippen LogP contribution is -2.50. The maximum absolute atomic E-state index is 12.4. The molecule has 0 bridgehead atoms. The number of carbonyl (C=O) groups is 3. The van der Waals surface area contributed by atoms with Crippen LogP contribution in [0, 0.1) is 0 Å². The van der Waals surface area contributed by atoms with Crippen molar-refractivity contribution in [3.8, 4) is 0 Å². The Kier molecular flexibility index (Phi) is 4.95. The van der Waals surface area contributed by atoms with E-state index in [9.17, 15) is 19.2 Å². The number of esters is 1. The van der Waals surface area contributed by atoms with Gasteiger partial charge in [-0.2, -0.15) is 0 Å². The second-order valence-corrected chi connectivity index (χ2v) is 4.98. The monoisotopic (exact) mass is 318 g/mol. The number of nitrogens with one attached hydrogen (secondary N) is 1. The fraction of sp³-hybridized carbons (Fsp3) is 0.333. The van der Waals surface area contributed by atoms with Gasteiger partial charge in [-0.25, -0.2) is 19.3 Å². The van der Waals surface area contributed by atoms with Crippen LogP contribution in [0.5, 0.6) is 0 Å². The highest BCUT2D eigenvalue weighted by atomic mass is 16.5. The average Bonchev–Trinajstić information content (AvgIpc) is 2.88. The van der Waals surface area contributed by atoms with E-state index < -0.39 is 30.1 Å². The van der Waals surface area contributed by atoms with Crippen LogP contribution in [0.15, 0.2) is 30.3 Å². The standard InChI is InChI=1S/C15H16N3O5/c1-17-8-12(13(20)23-2)18(15(17)22)14(21)16-11(9-19)10-6-4-3-5-7-10/h3-7,11-12H,8H2,1-2H3,(H,16,21). The zero-order valence-electron chi connectivity index (χ0n) is 12.7. The van der Waals surface area contributed by atoms with Crippen LogP contribution in [0.25, 0.3) is 0 Å². The average molecular weight is 318 g/mol. The van der Waals surface area contributed by atoms with Crippen molar-refractivity contribution in [2.24, 2.45) is 0 Å². The lowest BCUT2D eigenvalue weighted by atomic mass is 10.1. The number of rotatable bonds is 4. The molecule has 0 aliphatic carbocycles. The molecule has 1 aromatic carbocycles. The molecule has 1 saturated heterocycles. The Hall–Kier alpha value is -2.90. The molecule has 1 aromatic rings. The number of hydrogen-bond donors (Lipinski definition) is 1. The van der Waals surface area contributed by atoms with Gasteiger partial charge in [0.15, 0.2) is 6.04 Å². The van der Waals surface area contributed by atoms with Crippen LogP contribution in [0.1, 0.15) is 11.6 Å². The van der Waals surface area contributed by atoms with Crippen molar-refractivity contribution in [2.75, 3.05) is 20.7 Å². The topological polar surface area (TPSA) is 96.0 Å². The van der Waals surface area contributed by atoms with Crippen molar-refractivity contribution in [1.29, 1.82) is 0 Å². The molecule has 1 aliphatic heterocycles. The SMILES string of the molecule is COC(=O)C1CN(C)C(=O)N1C(=O)NC([C]=O)c1ccccc1. The summed E-state index contributed by atoms with van der Waals surface area (Å²) in [6.07, 6.45) is 1.71. The summed E-state index contributed by atoms with van der Waals surface area (Å²) < 4.78 is 4.61. The first-order chi connectivity index (χ1) is 11.0. The number of ether oxygens (including phenoxy) is 1. The van der Waals surface area contributed by atoms with Crippen LogP contribution < -0.4 is 5.32 Å². The van der Waals surface area contributed by atoms with Crippen molar-refractivity contribution in [3.63, 3.8) is 0 Å². The second-order valence-electron chi connectivity index (χ2n) is 4.98. The summed E-state index contributed by atoms with van der Waals surface area (Å²) in [6, 6.07) is 4.87.